The second-order valence-electron chi connectivity index (χ2n) is 7.58. The molecule has 0 aromatic carbocycles. The third kappa shape index (κ3) is 3.51. The van der Waals surface area contributed by atoms with Gasteiger partial charge in [-0.2, -0.15) is 0 Å². The van der Waals surface area contributed by atoms with Crippen molar-refractivity contribution < 1.29 is 9.53 Å². The summed E-state index contributed by atoms with van der Waals surface area (Å²) in [6.45, 7) is 1.15. The fraction of sp³-hybridized carbons (Fsp3) is 0.938. The molecule has 4 fully saturated rings. The summed E-state index contributed by atoms with van der Waals surface area (Å²) in [5.41, 5.74) is 5.95. The summed E-state index contributed by atoms with van der Waals surface area (Å²) >= 11 is 0. The highest BCUT2D eigenvalue weighted by Crippen LogP contribution is 2.55. The summed E-state index contributed by atoms with van der Waals surface area (Å²) in [4.78, 5) is 12.2. The molecule has 5 heteroatoms. The molecule has 1 unspecified atom stereocenters. The number of ether oxygens (including phenoxy) is 1. The Morgan fingerprint density at radius 1 is 1.24 bits per heavy atom. The van der Waals surface area contributed by atoms with E-state index >= 15 is 0 Å². The number of rotatable bonds is 6. The van der Waals surface area contributed by atoms with E-state index in [0.717, 1.165) is 24.2 Å². The van der Waals surface area contributed by atoms with Gasteiger partial charge in [-0.15, -0.1) is 0 Å². The number of hydrogen-bond acceptors (Lipinski definition) is 3. The zero-order chi connectivity index (χ0) is 14.9. The zero-order valence-electron chi connectivity index (χ0n) is 13.1. The van der Waals surface area contributed by atoms with E-state index in [4.69, 9.17) is 10.5 Å². The van der Waals surface area contributed by atoms with Crippen LogP contribution in [0.3, 0.4) is 0 Å². The molecule has 0 heterocycles. The highest BCUT2D eigenvalue weighted by Gasteiger charge is 2.51. The largest absolute Gasteiger partial charge is 0.383 e. The molecular weight excluding hydrogens is 266 g/mol. The monoisotopic (exact) mass is 295 g/mol. The smallest absolute Gasteiger partial charge is 0.315 e. The van der Waals surface area contributed by atoms with Crippen LogP contribution in [0, 0.1) is 17.8 Å². The number of nitrogens with two attached hydrogens (primary N) is 1. The Kier molecular flexibility index (Phi) is 4.41. The van der Waals surface area contributed by atoms with E-state index in [-0.39, 0.29) is 17.6 Å². The Morgan fingerprint density at radius 2 is 1.81 bits per heavy atom. The molecule has 4 bridgehead atoms. The van der Waals surface area contributed by atoms with E-state index in [9.17, 15) is 4.79 Å². The lowest BCUT2D eigenvalue weighted by Gasteiger charge is -2.56. The molecule has 4 aliphatic carbocycles. The van der Waals surface area contributed by atoms with Crippen molar-refractivity contribution in [3.05, 3.63) is 0 Å². The van der Waals surface area contributed by atoms with Crippen molar-refractivity contribution in [1.82, 2.24) is 10.6 Å². The molecule has 4 saturated carbocycles. The highest BCUT2D eigenvalue weighted by atomic mass is 16.5. The van der Waals surface area contributed by atoms with E-state index in [2.05, 4.69) is 10.6 Å². The van der Waals surface area contributed by atoms with E-state index in [1.54, 1.807) is 7.11 Å². The Labute approximate surface area is 127 Å². The van der Waals surface area contributed by atoms with Crippen molar-refractivity contribution in [3.8, 4) is 0 Å². The van der Waals surface area contributed by atoms with Gasteiger partial charge in [0.05, 0.1) is 6.61 Å². The lowest BCUT2D eigenvalue weighted by Crippen LogP contribution is -2.61. The molecule has 0 radical (unpaired) electrons. The van der Waals surface area contributed by atoms with Crippen LogP contribution in [0.1, 0.15) is 44.9 Å². The third-order valence-corrected chi connectivity index (χ3v) is 5.60. The molecule has 0 spiro atoms. The van der Waals surface area contributed by atoms with Crippen LogP contribution < -0.4 is 16.4 Å². The van der Waals surface area contributed by atoms with Crippen LogP contribution >= 0.6 is 0 Å². The van der Waals surface area contributed by atoms with Crippen molar-refractivity contribution in [3.63, 3.8) is 0 Å². The molecule has 1 atom stereocenters. The Bertz CT molecular complexity index is 350. The minimum atomic E-state index is -0.0124. The summed E-state index contributed by atoms with van der Waals surface area (Å²) in [5.74, 6) is 2.56. The molecule has 0 aliphatic heterocycles. The van der Waals surface area contributed by atoms with Crippen molar-refractivity contribution in [1.29, 1.82) is 0 Å². The Morgan fingerprint density at radius 3 is 2.33 bits per heavy atom. The average molecular weight is 295 g/mol. The summed E-state index contributed by atoms with van der Waals surface area (Å²) in [6, 6.07) is -0.0172. The highest BCUT2D eigenvalue weighted by molar-refractivity contribution is 5.74. The van der Waals surface area contributed by atoms with E-state index in [1.807, 2.05) is 0 Å². The van der Waals surface area contributed by atoms with Gasteiger partial charge in [0.25, 0.3) is 0 Å². The van der Waals surface area contributed by atoms with Crippen LogP contribution in [-0.2, 0) is 4.74 Å². The molecule has 0 aromatic rings. The van der Waals surface area contributed by atoms with Gasteiger partial charge in [0.15, 0.2) is 0 Å². The molecule has 120 valence electrons. The maximum Gasteiger partial charge on any atom is 0.315 e. The lowest BCUT2D eigenvalue weighted by molar-refractivity contribution is -0.0135. The summed E-state index contributed by atoms with van der Waals surface area (Å²) in [7, 11) is 1.65. The van der Waals surface area contributed by atoms with Gasteiger partial charge in [-0.05, 0) is 62.7 Å². The van der Waals surface area contributed by atoms with Crippen molar-refractivity contribution in [2.45, 2.75) is 56.5 Å². The molecule has 5 nitrogen and oxygen atoms in total. The van der Waals surface area contributed by atoms with Crippen molar-refractivity contribution in [2.75, 3.05) is 20.3 Å². The molecule has 4 N–H and O–H groups in total. The first-order valence-electron chi connectivity index (χ1n) is 8.39. The number of carbonyl (C=O) groups is 1. The molecule has 4 rings (SSSR count). The number of carbonyl (C=O) groups excluding carboxylic acids is 1. The fourth-order valence-corrected chi connectivity index (χ4v) is 5.22. The van der Waals surface area contributed by atoms with Gasteiger partial charge in [0, 0.05) is 25.2 Å². The first kappa shape index (κ1) is 15.1. The molecule has 2 amide bonds. The van der Waals surface area contributed by atoms with Gasteiger partial charge in [0.1, 0.15) is 0 Å². The van der Waals surface area contributed by atoms with Gasteiger partial charge < -0.3 is 21.1 Å². The standard InChI is InChI=1S/C16H29N3O2/c1-21-10-14(17)2-3-18-15(20)19-16-7-11-4-12(8-16)6-13(5-11)9-16/h11-14H,2-10,17H2,1H3,(H2,18,19,20). The number of urea groups is 1. The van der Waals surface area contributed by atoms with Crippen LogP contribution in [0.4, 0.5) is 4.79 Å². The summed E-state index contributed by atoms with van der Waals surface area (Å²) in [6.07, 6.45) is 8.51. The summed E-state index contributed by atoms with van der Waals surface area (Å²) in [5, 5.41) is 6.27. The van der Waals surface area contributed by atoms with E-state index in [1.165, 1.54) is 38.5 Å². The first-order valence-corrected chi connectivity index (χ1v) is 8.39. The maximum absolute atomic E-state index is 12.2. The van der Waals surface area contributed by atoms with E-state index < -0.39 is 0 Å². The van der Waals surface area contributed by atoms with Gasteiger partial charge >= 0.3 is 6.03 Å². The Hall–Kier alpha value is -0.810. The number of hydrogen-bond donors (Lipinski definition) is 3. The molecule has 21 heavy (non-hydrogen) atoms. The van der Waals surface area contributed by atoms with Crippen LogP contribution in [0.2, 0.25) is 0 Å². The quantitative estimate of drug-likeness (QED) is 0.697. The SMILES string of the molecule is COCC(N)CCNC(=O)NC12CC3CC(CC(C3)C1)C2. The lowest BCUT2D eigenvalue weighted by atomic mass is 9.53. The second-order valence-corrected chi connectivity index (χ2v) is 7.58. The van der Waals surface area contributed by atoms with Gasteiger partial charge in [0.2, 0.25) is 0 Å². The Balaban J connectivity index is 1.44. The van der Waals surface area contributed by atoms with Crippen molar-refractivity contribution >= 4 is 6.03 Å². The van der Waals surface area contributed by atoms with Crippen LogP contribution in [0.25, 0.3) is 0 Å². The normalized spacial score (nSPS) is 38.3. The number of methoxy groups -OCH3 is 1. The maximum atomic E-state index is 12.2. The van der Waals surface area contributed by atoms with Crippen LogP contribution in [-0.4, -0.2) is 37.9 Å². The molecule has 0 saturated heterocycles. The zero-order valence-corrected chi connectivity index (χ0v) is 13.1. The van der Waals surface area contributed by atoms with Crippen LogP contribution in [0.15, 0.2) is 0 Å². The number of amides is 2. The molecular formula is C16H29N3O2. The predicted molar refractivity (Wildman–Crippen MR) is 81.9 cm³/mol. The van der Waals surface area contributed by atoms with Crippen LogP contribution in [0.5, 0.6) is 0 Å². The molecule has 0 aromatic heterocycles. The topological polar surface area (TPSA) is 76.4 Å². The van der Waals surface area contributed by atoms with Crippen molar-refractivity contribution in [2.24, 2.45) is 23.5 Å². The predicted octanol–water partition coefficient (Wildman–Crippen LogP) is 1.62. The second kappa shape index (κ2) is 6.13. The summed E-state index contributed by atoms with van der Waals surface area (Å²) < 4.78 is 5.00. The fourth-order valence-electron chi connectivity index (χ4n) is 5.22. The van der Waals surface area contributed by atoms with Gasteiger partial charge in [-0.1, -0.05) is 0 Å². The minimum absolute atomic E-state index is 0.00477. The third-order valence-electron chi connectivity index (χ3n) is 5.60. The van der Waals surface area contributed by atoms with Gasteiger partial charge in [-0.3, -0.25) is 0 Å². The first-order chi connectivity index (χ1) is 10.1. The average Bonchev–Trinajstić information content (AvgIpc) is 2.36. The van der Waals surface area contributed by atoms with Gasteiger partial charge in [-0.25, -0.2) is 4.79 Å². The minimum Gasteiger partial charge on any atom is -0.383 e. The number of nitrogens with one attached hydrogen (secondary N) is 2. The molecule has 4 aliphatic rings. The van der Waals surface area contributed by atoms with E-state index in [0.29, 0.717) is 13.2 Å².